The number of hydrogen-bond donors (Lipinski definition) is 1. The Hall–Kier alpha value is 0.0134. The van der Waals surface area contributed by atoms with Crippen LogP contribution in [0.4, 0.5) is 0 Å². The number of unbranched alkanes of at least 4 members (excludes halogenated alkanes) is 1. The molecular formula is C5H14O4Zn. The van der Waals surface area contributed by atoms with E-state index in [2.05, 4.69) is 0 Å². The number of carboxylic acids is 1. The van der Waals surface area contributed by atoms with Gasteiger partial charge in [0.25, 0.3) is 0 Å². The molecule has 0 aromatic heterocycles. The van der Waals surface area contributed by atoms with Crippen LogP contribution in [-0.4, -0.2) is 22.0 Å². The Morgan fingerprint density at radius 2 is 1.80 bits per heavy atom. The summed E-state index contributed by atoms with van der Waals surface area (Å²) in [5.74, 6) is -0.693. The van der Waals surface area contributed by atoms with Crippen LogP contribution in [0.1, 0.15) is 26.2 Å². The van der Waals surface area contributed by atoms with E-state index in [4.69, 9.17) is 5.11 Å². The first-order valence-electron chi connectivity index (χ1n) is 2.49. The summed E-state index contributed by atoms with van der Waals surface area (Å²) in [6.07, 6.45) is 2.08. The minimum atomic E-state index is -0.693. The molecule has 0 radical (unpaired) electrons. The van der Waals surface area contributed by atoms with E-state index in [1.807, 2.05) is 6.92 Å². The summed E-state index contributed by atoms with van der Waals surface area (Å²) in [5, 5.41) is 8.04. The third-order valence-electron chi connectivity index (χ3n) is 0.744. The monoisotopic (exact) mass is 202 g/mol. The number of carbonyl (C=O) groups is 1. The van der Waals surface area contributed by atoms with E-state index in [-0.39, 0.29) is 30.4 Å². The largest absolute Gasteiger partial charge is 0.481 e. The van der Waals surface area contributed by atoms with Gasteiger partial charge in [-0.15, -0.1) is 0 Å². The van der Waals surface area contributed by atoms with Gasteiger partial charge >= 0.3 is 5.97 Å². The molecule has 0 aliphatic rings. The van der Waals surface area contributed by atoms with E-state index in [9.17, 15) is 4.79 Å². The zero-order valence-electron chi connectivity index (χ0n) is 6.18. The average molecular weight is 204 g/mol. The maximum Gasteiger partial charge on any atom is 0.303 e. The second-order valence-corrected chi connectivity index (χ2v) is 1.50. The zero-order chi connectivity index (χ0) is 5.70. The fraction of sp³-hybridized carbons (Fsp3) is 0.800. The molecule has 0 saturated heterocycles. The maximum atomic E-state index is 9.76. The summed E-state index contributed by atoms with van der Waals surface area (Å²) in [7, 11) is 0. The molecule has 10 heavy (non-hydrogen) atoms. The molecule has 60 valence electrons. The smallest absolute Gasteiger partial charge is 0.303 e. The van der Waals surface area contributed by atoms with Crippen molar-refractivity contribution < 1.29 is 40.3 Å². The zero-order valence-corrected chi connectivity index (χ0v) is 9.15. The second kappa shape index (κ2) is 16.0. The quantitative estimate of drug-likeness (QED) is 0.632. The Kier molecular flexibility index (Phi) is 36.0. The molecule has 4 nitrogen and oxygen atoms in total. The Bertz CT molecular complexity index is 66.7. The van der Waals surface area contributed by atoms with Gasteiger partial charge in [0.2, 0.25) is 0 Å². The van der Waals surface area contributed by atoms with E-state index in [1.165, 1.54) is 0 Å². The Morgan fingerprint density at radius 1 is 1.40 bits per heavy atom. The van der Waals surface area contributed by atoms with Gasteiger partial charge in [-0.2, -0.15) is 0 Å². The Balaban J connectivity index is -0.0000000600. The third-order valence-corrected chi connectivity index (χ3v) is 0.744. The summed E-state index contributed by atoms with van der Waals surface area (Å²) in [6.45, 7) is 1.98. The van der Waals surface area contributed by atoms with E-state index in [0.29, 0.717) is 6.42 Å². The summed E-state index contributed by atoms with van der Waals surface area (Å²) in [4.78, 5) is 9.76. The molecule has 5 heteroatoms. The molecule has 5 N–H and O–H groups in total. The van der Waals surface area contributed by atoms with Gasteiger partial charge in [0.15, 0.2) is 0 Å². The summed E-state index contributed by atoms with van der Waals surface area (Å²) < 4.78 is 0. The van der Waals surface area contributed by atoms with Gasteiger partial charge in [0, 0.05) is 25.9 Å². The van der Waals surface area contributed by atoms with E-state index in [0.717, 1.165) is 12.8 Å². The van der Waals surface area contributed by atoms with Crippen LogP contribution in [0, 0.1) is 0 Å². The van der Waals surface area contributed by atoms with Gasteiger partial charge in [0.05, 0.1) is 0 Å². The van der Waals surface area contributed by atoms with Crippen molar-refractivity contribution in [3.63, 3.8) is 0 Å². The summed E-state index contributed by atoms with van der Waals surface area (Å²) >= 11 is 0. The molecule has 0 aromatic rings. The minimum absolute atomic E-state index is 0. The van der Waals surface area contributed by atoms with Crippen LogP contribution in [0.3, 0.4) is 0 Å². The third kappa shape index (κ3) is 24.5. The molecule has 0 rings (SSSR count). The number of rotatable bonds is 3. The first-order chi connectivity index (χ1) is 3.27. The molecule has 0 bridgehead atoms. The van der Waals surface area contributed by atoms with Crippen molar-refractivity contribution in [3.8, 4) is 0 Å². The number of hydrogen-bond acceptors (Lipinski definition) is 1. The molecule has 0 heterocycles. The fourth-order valence-corrected chi connectivity index (χ4v) is 0.328. The topological polar surface area (TPSA) is 100 Å². The predicted octanol–water partition coefficient (Wildman–Crippen LogP) is -0.391. The molecule has 0 unspecified atom stereocenters. The summed E-state index contributed by atoms with van der Waals surface area (Å²) in [5.41, 5.74) is 0. The molecule has 0 amide bonds. The van der Waals surface area contributed by atoms with Crippen LogP contribution in [-0.2, 0) is 24.3 Å². The first-order valence-corrected chi connectivity index (χ1v) is 2.49. The SMILES string of the molecule is CCCCC(=O)O.O.O.[Zn]. The van der Waals surface area contributed by atoms with Crippen molar-refractivity contribution in [2.24, 2.45) is 0 Å². The van der Waals surface area contributed by atoms with Crippen LogP contribution < -0.4 is 0 Å². The molecule has 0 aliphatic carbocycles. The van der Waals surface area contributed by atoms with E-state index >= 15 is 0 Å². The second-order valence-electron chi connectivity index (χ2n) is 1.50. The molecule has 0 fully saturated rings. The maximum absolute atomic E-state index is 9.76. The van der Waals surface area contributed by atoms with Crippen LogP contribution in [0.25, 0.3) is 0 Å². The number of aliphatic carboxylic acids is 1. The van der Waals surface area contributed by atoms with Gasteiger partial charge in [-0.25, -0.2) is 0 Å². The predicted molar refractivity (Wildman–Crippen MR) is 34.4 cm³/mol. The molecule has 0 saturated carbocycles. The van der Waals surface area contributed by atoms with Crippen molar-refractivity contribution >= 4 is 5.97 Å². The first kappa shape index (κ1) is 22.5. The van der Waals surface area contributed by atoms with Crippen molar-refractivity contribution in [1.29, 1.82) is 0 Å². The van der Waals surface area contributed by atoms with Gasteiger partial charge in [0.1, 0.15) is 0 Å². The normalized spacial score (nSPS) is 6.10. The fourth-order valence-electron chi connectivity index (χ4n) is 0.328. The van der Waals surface area contributed by atoms with Crippen molar-refractivity contribution in [1.82, 2.24) is 0 Å². The Labute approximate surface area is 73.0 Å². The average Bonchev–Trinajstić information content (AvgIpc) is 1.61. The Morgan fingerprint density at radius 3 is 1.90 bits per heavy atom. The molecule has 0 atom stereocenters. The van der Waals surface area contributed by atoms with Gasteiger partial charge < -0.3 is 16.1 Å². The van der Waals surface area contributed by atoms with Crippen molar-refractivity contribution in [2.75, 3.05) is 0 Å². The van der Waals surface area contributed by atoms with Crippen molar-refractivity contribution in [3.05, 3.63) is 0 Å². The van der Waals surface area contributed by atoms with Gasteiger partial charge in [-0.05, 0) is 6.42 Å². The van der Waals surface area contributed by atoms with Crippen LogP contribution in [0.15, 0.2) is 0 Å². The van der Waals surface area contributed by atoms with Crippen molar-refractivity contribution in [2.45, 2.75) is 26.2 Å². The number of carboxylic acid groups (broad SMARTS) is 1. The van der Waals surface area contributed by atoms with E-state index in [1.54, 1.807) is 0 Å². The molecule has 0 aliphatic heterocycles. The molecule has 0 aromatic carbocycles. The van der Waals surface area contributed by atoms with Gasteiger partial charge in [-0.3, -0.25) is 4.79 Å². The van der Waals surface area contributed by atoms with Crippen LogP contribution in [0.2, 0.25) is 0 Å². The van der Waals surface area contributed by atoms with E-state index < -0.39 is 5.97 Å². The van der Waals surface area contributed by atoms with Crippen LogP contribution >= 0.6 is 0 Å². The van der Waals surface area contributed by atoms with Crippen LogP contribution in [0.5, 0.6) is 0 Å². The summed E-state index contributed by atoms with van der Waals surface area (Å²) in [6, 6.07) is 0. The molecule has 0 spiro atoms. The molecular weight excluding hydrogens is 189 g/mol. The standard InChI is InChI=1S/C5H10O2.2H2O.Zn/c1-2-3-4-5(6)7;;;/h2-4H2,1H3,(H,6,7);2*1H2;. The van der Waals surface area contributed by atoms with Gasteiger partial charge in [-0.1, -0.05) is 13.3 Å². The minimum Gasteiger partial charge on any atom is -0.481 e.